The zero-order valence-corrected chi connectivity index (χ0v) is 18.3. The third kappa shape index (κ3) is 4.57. The Labute approximate surface area is 190 Å². The zero-order valence-electron chi connectivity index (χ0n) is 18.3. The van der Waals surface area contributed by atoms with Crippen LogP contribution in [0.4, 0.5) is 10.5 Å². The first-order valence-corrected chi connectivity index (χ1v) is 10.5. The number of fused-ring (bicyclic) bond motifs is 3. The van der Waals surface area contributed by atoms with E-state index in [-0.39, 0.29) is 36.9 Å². The van der Waals surface area contributed by atoms with Gasteiger partial charge in [-0.15, -0.1) is 0 Å². The Morgan fingerprint density at radius 2 is 1.70 bits per heavy atom. The lowest BCUT2D eigenvalue weighted by atomic mass is 9.98. The maximum absolute atomic E-state index is 12.7. The molecule has 4 rings (SSSR count). The van der Waals surface area contributed by atoms with Crippen molar-refractivity contribution in [2.24, 2.45) is 7.05 Å². The minimum absolute atomic E-state index is 0.0129. The fraction of sp³-hybridized carbons (Fsp3) is 0.250. The van der Waals surface area contributed by atoms with Crippen LogP contribution in [0.15, 0.2) is 54.7 Å². The van der Waals surface area contributed by atoms with Crippen molar-refractivity contribution in [1.82, 2.24) is 14.7 Å². The number of aromatic nitrogens is 2. The Balaban J connectivity index is 1.44. The van der Waals surface area contributed by atoms with Crippen LogP contribution in [0.3, 0.4) is 0 Å². The topological polar surface area (TPSA) is 114 Å². The first kappa shape index (κ1) is 22.1. The van der Waals surface area contributed by atoms with Gasteiger partial charge in [0.1, 0.15) is 6.61 Å². The summed E-state index contributed by atoms with van der Waals surface area (Å²) < 4.78 is 6.94. The second-order valence-electron chi connectivity index (χ2n) is 7.89. The molecule has 9 heteroatoms. The molecule has 9 nitrogen and oxygen atoms in total. The highest BCUT2D eigenvalue weighted by Gasteiger charge is 2.29. The van der Waals surface area contributed by atoms with E-state index in [2.05, 4.69) is 22.5 Å². The van der Waals surface area contributed by atoms with E-state index in [9.17, 15) is 14.4 Å². The molecule has 0 aliphatic heterocycles. The molecule has 0 atom stereocenters. The van der Waals surface area contributed by atoms with Crippen molar-refractivity contribution < 1.29 is 24.2 Å². The number of nitrogens with one attached hydrogen (secondary N) is 1. The molecule has 1 heterocycles. The highest BCUT2D eigenvalue weighted by molar-refractivity contribution is 6.00. The molecule has 2 N–H and O–H groups in total. The van der Waals surface area contributed by atoms with Gasteiger partial charge in [-0.2, -0.15) is 5.10 Å². The molecule has 1 aliphatic rings. The number of rotatable bonds is 7. The summed E-state index contributed by atoms with van der Waals surface area (Å²) in [5.41, 5.74) is 4.67. The number of hydrogen-bond acceptors (Lipinski definition) is 5. The smallest absolute Gasteiger partial charge is 0.411 e. The standard InChI is InChI=1S/C24H24N4O5/c1-27(12-11-21(29)30)23(31)22-20(13-28(2)26-22)25-24(32)33-14-19-17-9-5-3-7-15(17)16-8-4-6-10-18(16)19/h3-10,13,19H,11-12,14H2,1-2H3,(H,25,32)(H,29,30). The summed E-state index contributed by atoms with van der Waals surface area (Å²) >= 11 is 0. The van der Waals surface area contributed by atoms with Gasteiger partial charge in [0.05, 0.1) is 12.1 Å². The van der Waals surface area contributed by atoms with Gasteiger partial charge in [-0.25, -0.2) is 4.79 Å². The lowest BCUT2D eigenvalue weighted by Gasteiger charge is -2.16. The van der Waals surface area contributed by atoms with Crippen LogP contribution >= 0.6 is 0 Å². The van der Waals surface area contributed by atoms with Gasteiger partial charge in [0.2, 0.25) is 0 Å². The van der Waals surface area contributed by atoms with E-state index < -0.39 is 18.0 Å². The summed E-state index contributed by atoms with van der Waals surface area (Å²) in [6.45, 7) is 0.164. The van der Waals surface area contributed by atoms with Crippen molar-refractivity contribution in [3.63, 3.8) is 0 Å². The van der Waals surface area contributed by atoms with Gasteiger partial charge in [-0.3, -0.25) is 19.6 Å². The number of carboxylic acid groups (broad SMARTS) is 1. The maximum atomic E-state index is 12.7. The molecule has 33 heavy (non-hydrogen) atoms. The first-order chi connectivity index (χ1) is 15.8. The van der Waals surface area contributed by atoms with E-state index in [0.29, 0.717) is 0 Å². The Morgan fingerprint density at radius 1 is 1.09 bits per heavy atom. The molecule has 0 fully saturated rings. The number of carbonyl (C=O) groups excluding carboxylic acids is 2. The number of anilines is 1. The molecule has 2 amide bonds. The van der Waals surface area contributed by atoms with E-state index in [4.69, 9.17) is 9.84 Å². The third-order valence-electron chi connectivity index (χ3n) is 5.62. The average molecular weight is 448 g/mol. The summed E-state index contributed by atoms with van der Waals surface area (Å²) in [5.74, 6) is -1.58. The van der Waals surface area contributed by atoms with Crippen LogP contribution < -0.4 is 5.32 Å². The Kier molecular flexibility index (Phi) is 6.12. The van der Waals surface area contributed by atoms with Crippen molar-refractivity contribution in [2.45, 2.75) is 12.3 Å². The summed E-state index contributed by atoms with van der Waals surface area (Å²) in [5, 5.41) is 15.5. The predicted molar refractivity (Wildman–Crippen MR) is 121 cm³/mol. The summed E-state index contributed by atoms with van der Waals surface area (Å²) in [4.78, 5) is 37.3. The molecule has 3 aromatic rings. The molecular formula is C24H24N4O5. The van der Waals surface area contributed by atoms with E-state index in [1.807, 2.05) is 36.4 Å². The fourth-order valence-corrected chi connectivity index (χ4v) is 4.03. The van der Waals surface area contributed by atoms with Crippen molar-refractivity contribution >= 4 is 23.7 Å². The van der Waals surface area contributed by atoms with Gasteiger partial charge < -0.3 is 14.7 Å². The van der Waals surface area contributed by atoms with Gasteiger partial charge in [0.15, 0.2) is 5.69 Å². The maximum Gasteiger partial charge on any atom is 0.411 e. The first-order valence-electron chi connectivity index (χ1n) is 10.5. The Hall–Kier alpha value is -4.14. The molecule has 2 aromatic carbocycles. The lowest BCUT2D eigenvalue weighted by molar-refractivity contribution is -0.137. The van der Waals surface area contributed by atoms with Gasteiger partial charge in [0.25, 0.3) is 5.91 Å². The second kappa shape index (κ2) is 9.15. The van der Waals surface area contributed by atoms with Crippen LogP contribution in [-0.4, -0.2) is 58.0 Å². The van der Waals surface area contributed by atoms with Gasteiger partial charge >= 0.3 is 12.1 Å². The molecular weight excluding hydrogens is 424 g/mol. The normalized spacial score (nSPS) is 12.1. The fourth-order valence-electron chi connectivity index (χ4n) is 4.03. The van der Waals surface area contributed by atoms with Crippen LogP contribution in [0.25, 0.3) is 11.1 Å². The second-order valence-corrected chi connectivity index (χ2v) is 7.89. The van der Waals surface area contributed by atoms with Crippen molar-refractivity contribution in [2.75, 3.05) is 25.5 Å². The minimum Gasteiger partial charge on any atom is -0.481 e. The summed E-state index contributed by atoms with van der Waals surface area (Å²) in [6, 6.07) is 16.1. The van der Waals surface area contributed by atoms with E-state index in [0.717, 1.165) is 22.3 Å². The molecule has 1 aromatic heterocycles. The highest BCUT2D eigenvalue weighted by atomic mass is 16.5. The number of aryl methyl sites for hydroxylation is 1. The average Bonchev–Trinajstić information content (AvgIpc) is 3.32. The SMILES string of the molecule is CN(CCC(=O)O)C(=O)c1nn(C)cc1NC(=O)OCC1c2ccccc2-c2ccccc21. The molecule has 0 bridgehead atoms. The number of ether oxygens (including phenoxy) is 1. The quantitative estimate of drug-likeness (QED) is 0.573. The van der Waals surface area contributed by atoms with E-state index in [1.54, 1.807) is 7.05 Å². The molecule has 0 radical (unpaired) electrons. The van der Waals surface area contributed by atoms with Gasteiger partial charge in [-0.1, -0.05) is 48.5 Å². The van der Waals surface area contributed by atoms with Crippen molar-refractivity contribution in [3.8, 4) is 11.1 Å². The number of benzene rings is 2. The van der Waals surface area contributed by atoms with Crippen molar-refractivity contribution in [3.05, 3.63) is 71.5 Å². The summed E-state index contributed by atoms with van der Waals surface area (Å²) in [6.07, 6.45) is 0.608. The van der Waals surface area contributed by atoms with Gasteiger partial charge in [0, 0.05) is 32.8 Å². The monoisotopic (exact) mass is 448 g/mol. The van der Waals surface area contributed by atoms with Crippen LogP contribution in [0.2, 0.25) is 0 Å². The number of nitrogens with zero attached hydrogens (tertiary/aromatic N) is 3. The molecule has 1 aliphatic carbocycles. The molecule has 0 unspecified atom stereocenters. The van der Waals surface area contributed by atoms with Crippen molar-refractivity contribution in [1.29, 1.82) is 0 Å². The third-order valence-corrected chi connectivity index (χ3v) is 5.62. The minimum atomic E-state index is -1.01. The summed E-state index contributed by atoms with van der Waals surface area (Å²) in [7, 11) is 3.11. The number of carboxylic acids is 1. The van der Waals surface area contributed by atoms with Crippen LogP contribution in [0, 0.1) is 0 Å². The van der Waals surface area contributed by atoms with E-state index >= 15 is 0 Å². The van der Waals surface area contributed by atoms with Crippen LogP contribution in [0.1, 0.15) is 34.0 Å². The zero-order chi connectivity index (χ0) is 23.5. The molecule has 0 spiro atoms. The molecule has 0 saturated carbocycles. The number of hydrogen-bond donors (Lipinski definition) is 2. The molecule has 0 saturated heterocycles. The van der Waals surface area contributed by atoms with Crippen LogP contribution in [0.5, 0.6) is 0 Å². The number of carbonyl (C=O) groups is 3. The Bertz CT molecular complexity index is 1170. The Morgan fingerprint density at radius 3 is 2.30 bits per heavy atom. The highest BCUT2D eigenvalue weighted by Crippen LogP contribution is 2.44. The van der Waals surface area contributed by atoms with Gasteiger partial charge in [-0.05, 0) is 22.3 Å². The molecule has 170 valence electrons. The largest absolute Gasteiger partial charge is 0.481 e. The van der Waals surface area contributed by atoms with E-state index in [1.165, 1.54) is 22.8 Å². The predicted octanol–water partition coefficient (Wildman–Crippen LogP) is 3.33. The van der Waals surface area contributed by atoms with Crippen LogP contribution in [-0.2, 0) is 16.6 Å². The number of amides is 2. The lowest BCUT2D eigenvalue weighted by Crippen LogP contribution is -2.30. The number of aliphatic carboxylic acids is 1.